The van der Waals surface area contributed by atoms with Crippen molar-refractivity contribution in [2.75, 3.05) is 11.0 Å². The van der Waals surface area contributed by atoms with Gasteiger partial charge in [0.15, 0.2) is 0 Å². The summed E-state index contributed by atoms with van der Waals surface area (Å²) >= 11 is 12.8. The highest BCUT2D eigenvalue weighted by molar-refractivity contribution is 7.98. The Kier molecular flexibility index (Phi) is 4.24. The molecule has 0 unspecified atom stereocenters. The van der Waals surface area contributed by atoms with Crippen LogP contribution in [0, 0.1) is 0 Å². The van der Waals surface area contributed by atoms with Crippen molar-refractivity contribution in [1.29, 1.82) is 0 Å². The third-order valence-corrected chi connectivity index (χ3v) is 4.33. The number of nitrogens with one attached hydrogen (secondary N) is 2. The van der Waals surface area contributed by atoms with Crippen LogP contribution in [0.3, 0.4) is 0 Å². The van der Waals surface area contributed by atoms with E-state index in [1.807, 2.05) is 0 Å². The van der Waals surface area contributed by atoms with Gasteiger partial charge in [0.2, 0.25) is 11.1 Å². The Labute approximate surface area is 124 Å². The third-order valence-electron chi connectivity index (χ3n) is 2.02. The lowest BCUT2D eigenvalue weighted by molar-refractivity contribution is 0.601. The SMILES string of the molecule is CSc1n[nH]c(NS(=O)(=O)c2cc(Cl)cc(Cl)c2)n1. The summed E-state index contributed by atoms with van der Waals surface area (Å²) in [4.78, 5) is 3.88. The summed E-state index contributed by atoms with van der Waals surface area (Å²) in [7, 11) is -3.82. The predicted octanol–water partition coefficient (Wildman–Crippen LogP) is 2.63. The number of benzene rings is 1. The smallest absolute Gasteiger partial charge is 0.248 e. The van der Waals surface area contributed by atoms with E-state index in [9.17, 15) is 8.42 Å². The van der Waals surface area contributed by atoms with Crippen LogP contribution in [0.5, 0.6) is 0 Å². The fourth-order valence-electron chi connectivity index (χ4n) is 1.25. The third kappa shape index (κ3) is 3.53. The van der Waals surface area contributed by atoms with E-state index in [0.717, 1.165) is 0 Å². The lowest BCUT2D eigenvalue weighted by Gasteiger charge is -2.05. The summed E-state index contributed by atoms with van der Waals surface area (Å²) in [6, 6.07) is 4.03. The van der Waals surface area contributed by atoms with Crippen molar-refractivity contribution in [2.24, 2.45) is 0 Å². The molecule has 0 bridgehead atoms. The van der Waals surface area contributed by atoms with Crippen LogP contribution in [-0.4, -0.2) is 29.9 Å². The van der Waals surface area contributed by atoms with E-state index in [1.54, 1.807) is 6.26 Å². The van der Waals surface area contributed by atoms with Gasteiger partial charge in [-0.1, -0.05) is 35.0 Å². The molecule has 1 aromatic heterocycles. The summed E-state index contributed by atoms with van der Waals surface area (Å²) in [6.07, 6.45) is 1.78. The largest absolute Gasteiger partial charge is 0.264 e. The molecule has 0 saturated heterocycles. The Morgan fingerprint density at radius 2 is 1.89 bits per heavy atom. The van der Waals surface area contributed by atoms with E-state index in [0.29, 0.717) is 5.16 Å². The first kappa shape index (κ1) is 14.4. The molecule has 102 valence electrons. The van der Waals surface area contributed by atoms with Crippen LogP contribution in [0.25, 0.3) is 0 Å². The molecule has 2 aromatic rings. The number of aromatic amines is 1. The van der Waals surface area contributed by atoms with Crippen LogP contribution in [0.1, 0.15) is 0 Å². The monoisotopic (exact) mass is 338 g/mol. The van der Waals surface area contributed by atoms with Gasteiger partial charge in [0.05, 0.1) is 4.90 Å². The molecule has 10 heteroatoms. The standard InChI is InChI=1S/C9H8Cl2N4O2S2/c1-18-9-12-8(13-14-9)15-19(16,17)7-3-5(10)2-6(11)4-7/h2-4H,1H3,(H2,12,13,14,15). The lowest BCUT2D eigenvalue weighted by atomic mass is 10.4. The average molecular weight is 339 g/mol. The zero-order chi connectivity index (χ0) is 14.0. The average Bonchev–Trinajstić information content (AvgIpc) is 2.74. The molecule has 0 aliphatic carbocycles. The molecule has 0 aliphatic heterocycles. The Morgan fingerprint density at radius 3 is 2.42 bits per heavy atom. The molecule has 2 rings (SSSR count). The highest BCUT2D eigenvalue weighted by Gasteiger charge is 2.17. The number of nitrogens with zero attached hydrogens (tertiary/aromatic N) is 2. The zero-order valence-corrected chi connectivity index (χ0v) is 12.7. The van der Waals surface area contributed by atoms with Gasteiger partial charge in [-0.05, 0) is 24.5 Å². The molecule has 0 aliphatic rings. The quantitative estimate of drug-likeness (QED) is 0.836. The first-order chi connectivity index (χ1) is 8.90. The molecule has 1 aromatic carbocycles. The van der Waals surface area contributed by atoms with E-state index >= 15 is 0 Å². The molecular formula is C9H8Cl2N4O2S2. The number of halogens is 2. The normalized spacial score (nSPS) is 11.5. The molecule has 1 heterocycles. The Morgan fingerprint density at radius 1 is 1.26 bits per heavy atom. The van der Waals surface area contributed by atoms with Crippen molar-refractivity contribution >= 4 is 50.9 Å². The van der Waals surface area contributed by atoms with Crippen LogP contribution >= 0.6 is 35.0 Å². The van der Waals surface area contributed by atoms with E-state index < -0.39 is 10.0 Å². The highest BCUT2D eigenvalue weighted by Crippen LogP contribution is 2.23. The Bertz CT molecular complexity index is 682. The second-order valence-electron chi connectivity index (χ2n) is 3.38. The van der Waals surface area contributed by atoms with Crippen LogP contribution in [0.4, 0.5) is 5.95 Å². The van der Waals surface area contributed by atoms with E-state index in [4.69, 9.17) is 23.2 Å². The highest BCUT2D eigenvalue weighted by atomic mass is 35.5. The molecule has 0 saturated carbocycles. The maximum atomic E-state index is 12.1. The fraction of sp³-hybridized carbons (Fsp3) is 0.111. The number of hydrogen-bond donors (Lipinski definition) is 2. The van der Waals surface area contributed by atoms with Crippen LogP contribution in [0.2, 0.25) is 10.0 Å². The number of H-pyrrole nitrogens is 1. The van der Waals surface area contributed by atoms with Gasteiger partial charge >= 0.3 is 0 Å². The molecular weight excluding hydrogens is 331 g/mol. The molecule has 2 N–H and O–H groups in total. The van der Waals surface area contributed by atoms with Gasteiger partial charge in [-0.2, -0.15) is 4.98 Å². The Balaban J connectivity index is 2.31. The minimum atomic E-state index is -3.82. The van der Waals surface area contributed by atoms with Gasteiger partial charge in [-0.15, -0.1) is 5.10 Å². The molecule has 0 fully saturated rings. The van der Waals surface area contributed by atoms with E-state index in [1.165, 1.54) is 30.0 Å². The van der Waals surface area contributed by atoms with Crippen molar-refractivity contribution < 1.29 is 8.42 Å². The van der Waals surface area contributed by atoms with Crippen molar-refractivity contribution in [3.05, 3.63) is 28.2 Å². The number of sulfonamides is 1. The number of aromatic nitrogens is 3. The molecule has 6 nitrogen and oxygen atoms in total. The number of anilines is 1. The maximum Gasteiger partial charge on any atom is 0.264 e. The van der Waals surface area contributed by atoms with Crippen LogP contribution < -0.4 is 4.72 Å². The van der Waals surface area contributed by atoms with Crippen molar-refractivity contribution in [1.82, 2.24) is 15.2 Å². The van der Waals surface area contributed by atoms with Crippen molar-refractivity contribution in [3.8, 4) is 0 Å². The van der Waals surface area contributed by atoms with Crippen LogP contribution in [0.15, 0.2) is 28.3 Å². The summed E-state index contributed by atoms with van der Waals surface area (Å²) < 4.78 is 26.4. The van der Waals surface area contributed by atoms with Gasteiger partial charge in [0.1, 0.15) is 0 Å². The van der Waals surface area contributed by atoms with E-state index in [-0.39, 0.29) is 20.9 Å². The number of hydrogen-bond acceptors (Lipinski definition) is 5. The van der Waals surface area contributed by atoms with Gasteiger partial charge < -0.3 is 0 Å². The summed E-state index contributed by atoms with van der Waals surface area (Å²) in [6.45, 7) is 0. The van der Waals surface area contributed by atoms with Gasteiger partial charge in [-0.25, -0.2) is 18.2 Å². The number of thioether (sulfide) groups is 1. The summed E-state index contributed by atoms with van der Waals surface area (Å²) in [5.41, 5.74) is 0. The molecule has 0 radical (unpaired) electrons. The Hall–Kier alpha value is -0.960. The second-order valence-corrected chi connectivity index (χ2v) is 6.71. The zero-order valence-electron chi connectivity index (χ0n) is 9.52. The van der Waals surface area contributed by atoms with Crippen LogP contribution in [-0.2, 0) is 10.0 Å². The van der Waals surface area contributed by atoms with E-state index in [2.05, 4.69) is 19.9 Å². The summed E-state index contributed by atoms with van der Waals surface area (Å²) in [5.74, 6) is 0.0282. The van der Waals surface area contributed by atoms with Gasteiger partial charge in [0.25, 0.3) is 10.0 Å². The molecule has 0 atom stereocenters. The molecule has 0 spiro atoms. The topological polar surface area (TPSA) is 87.7 Å². The van der Waals surface area contributed by atoms with Crippen molar-refractivity contribution in [3.63, 3.8) is 0 Å². The van der Waals surface area contributed by atoms with Gasteiger partial charge in [0, 0.05) is 10.0 Å². The predicted molar refractivity (Wildman–Crippen MR) is 75.4 cm³/mol. The lowest BCUT2D eigenvalue weighted by Crippen LogP contribution is -2.14. The fourth-order valence-corrected chi connectivity index (χ4v) is 3.26. The van der Waals surface area contributed by atoms with Crippen molar-refractivity contribution in [2.45, 2.75) is 10.1 Å². The first-order valence-corrected chi connectivity index (χ1v) is 8.32. The number of rotatable bonds is 4. The maximum absolute atomic E-state index is 12.1. The second kappa shape index (κ2) is 5.58. The first-order valence-electron chi connectivity index (χ1n) is 4.86. The summed E-state index contributed by atoms with van der Waals surface area (Å²) in [5, 5.41) is 7.16. The molecule has 0 amide bonds. The molecule has 19 heavy (non-hydrogen) atoms. The minimum Gasteiger partial charge on any atom is -0.248 e. The minimum absolute atomic E-state index is 0.0282. The van der Waals surface area contributed by atoms with Gasteiger partial charge in [-0.3, -0.25) is 0 Å².